The minimum absolute atomic E-state index is 0.0577. The lowest BCUT2D eigenvalue weighted by molar-refractivity contribution is -0.109. The first-order chi connectivity index (χ1) is 8.49. The maximum Gasteiger partial charge on any atom is 0.335 e. The Kier molecular flexibility index (Phi) is 5.58. The summed E-state index contributed by atoms with van der Waals surface area (Å²) in [4.78, 5) is 21.4. The number of hydrogen-bond donors (Lipinski definition) is 1. The van der Waals surface area contributed by atoms with Gasteiger partial charge in [0, 0.05) is 12.7 Å². The van der Waals surface area contributed by atoms with Crippen LogP contribution in [0, 0.1) is 5.82 Å². The number of carboxylic acid groups (broad SMARTS) is 1. The number of rotatable bonds is 5. The zero-order valence-corrected chi connectivity index (χ0v) is 10.7. The van der Waals surface area contributed by atoms with Gasteiger partial charge >= 0.3 is 5.97 Å². The van der Waals surface area contributed by atoms with Gasteiger partial charge in [0.1, 0.15) is 5.82 Å². The van der Waals surface area contributed by atoms with Crippen LogP contribution >= 0.6 is 11.8 Å². The van der Waals surface area contributed by atoms with Gasteiger partial charge in [-0.3, -0.25) is 4.79 Å². The molecule has 0 bridgehead atoms. The van der Waals surface area contributed by atoms with Crippen LogP contribution in [0.5, 0.6) is 0 Å². The highest BCUT2D eigenvalue weighted by Crippen LogP contribution is 2.12. The lowest BCUT2D eigenvalue weighted by Crippen LogP contribution is -1.97. The van der Waals surface area contributed by atoms with E-state index in [9.17, 15) is 14.0 Å². The Bertz CT molecular complexity index is 483. The summed E-state index contributed by atoms with van der Waals surface area (Å²) in [6.45, 7) is 1.50. The molecule has 1 aromatic rings. The van der Waals surface area contributed by atoms with Gasteiger partial charge in [0.25, 0.3) is 0 Å². The zero-order chi connectivity index (χ0) is 13.5. The fraction of sp³-hybridized carbons (Fsp3) is 0.231. The summed E-state index contributed by atoms with van der Waals surface area (Å²) in [5, 5.41) is 8.83. The van der Waals surface area contributed by atoms with E-state index in [1.807, 2.05) is 0 Å². The van der Waals surface area contributed by atoms with Crippen molar-refractivity contribution in [1.82, 2.24) is 0 Å². The summed E-state index contributed by atoms with van der Waals surface area (Å²) >= 11 is 1.22. The maximum atomic E-state index is 13.1. The molecule has 0 fully saturated rings. The van der Waals surface area contributed by atoms with E-state index in [4.69, 9.17) is 5.11 Å². The van der Waals surface area contributed by atoms with E-state index in [1.54, 1.807) is 12.2 Å². The Morgan fingerprint density at radius 3 is 2.72 bits per heavy atom. The predicted molar refractivity (Wildman–Crippen MR) is 70.1 cm³/mol. The largest absolute Gasteiger partial charge is 0.478 e. The molecular formula is C13H13FO3S. The second-order valence-electron chi connectivity index (χ2n) is 3.61. The number of thioether (sulfide) groups is 1. The maximum absolute atomic E-state index is 13.1. The van der Waals surface area contributed by atoms with E-state index >= 15 is 0 Å². The second kappa shape index (κ2) is 6.96. The van der Waals surface area contributed by atoms with E-state index in [2.05, 4.69) is 0 Å². The topological polar surface area (TPSA) is 54.4 Å². The normalized spacial score (nSPS) is 10.8. The van der Waals surface area contributed by atoms with Gasteiger partial charge in [-0.25, -0.2) is 9.18 Å². The van der Waals surface area contributed by atoms with Crippen LogP contribution in [-0.4, -0.2) is 21.9 Å². The van der Waals surface area contributed by atoms with Crippen molar-refractivity contribution in [3.63, 3.8) is 0 Å². The second-order valence-corrected chi connectivity index (χ2v) is 4.88. The van der Waals surface area contributed by atoms with Crippen LogP contribution in [0.3, 0.4) is 0 Å². The molecule has 0 saturated heterocycles. The lowest BCUT2D eigenvalue weighted by Gasteiger charge is -1.98. The Labute approximate surface area is 109 Å². The van der Waals surface area contributed by atoms with Crippen molar-refractivity contribution in [3.8, 4) is 0 Å². The number of carboxylic acids is 1. The van der Waals surface area contributed by atoms with Crippen LogP contribution in [0.15, 0.2) is 24.3 Å². The highest BCUT2D eigenvalue weighted by Gasteiger charge is 2.05. The van der Waals surface area contributed by atoms with Gasteiger partial charge in [0.05, 0.1) is 5.56 Å². The molecule has 0 amide bonds. The summed E-state index contributed by atoms with van der Waals surface area (Å²) in [7, 11) is 0. The first-order valence-electron chi connectivity index (χ1n) is 5.33. The predicted octanol–water partition coefficient (Wildman–Crippen LogP) is 3.21. The molecule has 0 aromatic heterocycles. The first-order valence-corrected chi connectivity index (χ1v) is 6.31. The van der Waals surface area contributed by atoms with Crippen molar-refractivity contribution in [1.29, 1.82) is 0 Å². The highest BCUT2D eigenvalue weighted by molar-refractivity contribution is 8.13. The van der Waals surface area contributed by atoms with Gasteiger partial charge in [-0.15, -0.1) is 0 Å². The Balaban J connectivity index is 2.64. The van der Waals surface area contributed by atoms with Crippen LogP contribution in [0.2, 0.25) is 0 Å². The lowest BCUT2D eigenvalue weighted by atomic mass is 10.1. The average molecular weight is 268 g/mol. The van der Waals surface area contributed by atoms with Gasteiger partial charge in [-0.05, 0) is 30.2 Å². The number of benzene rings is 1. The standard InChI is InChI=1S/C13H13FO3S/c1-9(15)18-5-3-2-4-10-6-11(13(16)17)8-12(14)7-10/h2,4,6-8H,3,5H2,1H3,(H,16,17). The molecule has 0 aliphatic rings. The van der Waals surface area contributed by atoms with Crippen LogP contribution < -0.4 is 0 Å². The fourth-order valence-corrected chi connectivity index (χ4v) is 1.86. The van der Waals surface area contributed by atoms with Crippen LogP contribution in [0.25, 0.3) is 6.08 Å². The summed E-state index contributed by atoms with van der Waals surface area (Å²) in [5.41, 5.74) is 0.424. The quantitative estimate of drug-likeness (QED) is 0.833. The third-order valence-corrected chi connectivity index (χ3v) is 2.91. The molecule has 0 aliphatic carbocycles. The number of allylic oxidation sites excluding steroid dienone is 1. The third-order valence-electron chi connectivity index (χ3n) is 2.07. The van der Waals surface area contributed by atoms with E-state index in [0.717, 1.165) is 6.07 Å². The zero-order valence-electron chi connectivity index (χ0n) is 9.85. The minimum atomic E-state index is -1.16. The van der Waals surface area contributed by atoms with Gasteiger partial charge < -0.3 is 5.11 Å². The number of halogens is 1. The molecule has 0 aliphatic heterocycles. The number of hydrogen-bond acceptors (Lipinski definition) is 3. The average Bonchev–Trinajstić information content (AvgIpc) is 2.27. The molecule has 5 heteroatoms. The molecule has 1 rings (SSSR count). The summed E-state index contributed by atoms with van der Waals surface area (Å²) < 4.78 is 13.1. The monoisotopic (exact) mass is 268 g/mol. The molecule has 0 saturated carbocycles. The van der Waals surface area contributed by atoms with E-state index in [1.165, 1.54) is 30.8 Å². The number of carbonyl (C=O) groups excluding carboxylic acids is 1. The van der Waals surface area contributed by atoms with Gasteiger partial charge in [-0.2, -0.15) is 0 Å². The molecule has 96 valence electrons. The van der Waals surface area contributed by atoms with Crippen molar-refractivity contribution in [2.45, 2.75) is 13.3 Å². The van der Waals surface area contributed by atoms with Gasteiger partial charge in [-0.1, -0.05) is 23.9 Å². The first kappa shape index (κ1) is 14.4. The molecule has 1 aromatic carbocycles. The summed E-state index contributed by atoms with van der Waals surface area (Å²) in [6.07, 6.45) is 4.11. The molecule has 0 unspecified atom stereocenters. The smallest absolute Gasteiger partial charge is 0.335 e. The Morgan fingerprint density at radius 1 is 1.39 bits per heavy atom. The van der Waals surface area contributed by atoms with Gasteiger partial charge in [0.15, 0.2) is 5.12 Å². The van der Waals surface area contributed by atoms with Crippen molar-refractivity contribution in [2.24, 2.45) is 0 Å². The number of aromatic carboxylic acids is 1. The SMILES string of the molecule is CC(=O)SCCC=Cc1cc(F)cc(C(=O)O)c1. The van der Waals surface area contributed by atoms with Crippen molar-refractivity contribution in [2.75, 3.05) is 5.75 Å². The van der Waals surface area contributed by atoms with E-state index in [0.29, 0.717) is 17.7 Å². The Morgan fingerprint density at radius 2 is 2.11 bits per heavy atom. The van der Waals surface area contributed by atoms with Crippen molar-refractivity contribution >= 4 is 28.9 Å². The number of carbonyl (C=O) groups is 2. The highest BCUT2D eigenvalue weighted by atomic mass is 32.2. The van der Waals surface area contributed by atoms with Gasteiger partial charge in [0.2, 0.25) is 0 Å². The van der Waals surface area contributed by atoms with Crippen LogP contribution in [-0.2, 0) is 4.79 Å². The minimum Gasteiger partial charge on any atom is -0.478 e. The molecule has 0 radical (unpaired) electrons. The van der Waals surface area contributed by atoms with E-state index in [-0.39, 0.29) is 10.7 Å². The fourth-order valence-electron chi connectivity index (χ4n) is 1.32. The molecule has 3 nitrogen and oxygen atoms in total. The van der Waals surface area contributed by atoms with Crippen molar-refractivity contribution < 1.29 is 19.1 Å². The molecular weight excluding hydrogens is 255 g/mol. The van der Waals surface area contributed by atoms with Crippen LogP contribution in [0.1, 0.15) is 29.3 Å². The van der Waals surface area contributed by atoms with E-state index < -0.39 is 11.8 Å². The molecule has 0 spiro atoms. The summed E-state index contributed by atoms with van der Waals surface area (Å²) in [6, 6.07) is 3.65. The van der Waals surface area contributed by atoms with Crippen LogP contribution in [0.4, 0.5) is 4.39 Å². The Hall–Kier alpha value is -1.62. The third kappa shape index (κ3) is 5.14. The molecule has 0 heterocycles. The van der Waals surface area contributed by atoms with Crippen molar-refractivity contribution in [3.05, 3.63) is 41.2 Å². The summed E-state index contributed by atoms with van der Waals surface area (Å²) in [5.74, 6) is -1.07. The molecule has 18 heavy (non-hydrogen) atoms. The molecule has 1 N–H and O–H groups in total. The molecule has 0 atom stereocenters.